The summed E-state index contributed by atoms with van der Waals surface area (Å²) in [6.45, 7) is 3.85. The third-order valence-corrected chi connectivity index (χ3v) is 5.83. The van der Waals surface area contributed by atoms with Crippen LogP contribution in [-0.2, 0) is 0 Å². The van der Waals surface area contributed by atoms with Gasteiger partial charge in [0.15, 0.2) is 5.78 Å². The van der Waals surface area contributed by atoms with E-state index in [4.69, 9.17) is 0 Å². The van der Waals surface area contributed by atoms with Crippen molar-refractivity contribution < 1.29 is 9.90 Å². The first-order valence-electron chi connectivity index (χ1n) is 7.01. The number of hydrogen-bond donors (Lipinski definition) is 1. The topological polar surface area (TPSA) is 63.1 Å². The van der Waals surface area contributed by atoms with Crippen LogP contribution >= 0.6 is 22.7 Å². The first-order chi connectivity index (χ1) is 11.1. The van der Waals surface area contributed by atoms with E-state index in [0.29, 0.717) is 11.1 Å². The zero-order valence-electron chi connectivity index (χ0n) is 12.5. The first-order valence-corrected chi connectivity index (χ1v) is 8.77. The largest absolute Gasteiger partial charge is 0.508 e. The number of aromatic hydroxyl groups is 1. The second kappa shape index (κ2) is 5.11. The molecule has 0 bridgehead atoms. The Balaban J connectivity index is 2.08. The second-order valence-electron chi connectivity index (χ2n) is 5.34. The van der Waals surface area contributed by atoms with Gasteiger partial charge in [-0.3, -0.25) is 4.79 Å². The number of benzene rings is 1. The first kappa shape index (κ1) is 14.3. The molecule has 3 aromatic rings. The number of hydrogen-bond acceptors (Lipinski definition) is 6. The summed E-state index contributed by atoms with van der Waals surface area (Å²) in [4.78, 5) is 23.5. The zero-order valence-corrected chi connectivity index (χ0v) is 14.1. The van der Waals surface area contributed by atoms with E-state index < -0.39 is 0 Å². The molecular weight excluding hydrogens is 328 g/mol. The second-order valence-corrected chi connectivity index (χ2v) is 7.05. The quantitative estimate of drug-likeness (QED) is 0.763. The van der Waals surface area contributed by atoms with Crippen LogP contribution in [0.3, 0.4) is 0 Å². The van der Waals surface area contributed by atoms with E-state index in [-0.39, 0.29) is 11.5 Å². The Hall–Kier alpha value is -2.31. The molecule has 1 N–H and O–H groups in total. The highest BCUT2D eigenvalue weighted by atomic mass is 32.1. The molecule has 0 unspecified atom stereocenters. The van der Waals surface area contributed by atoms with Crippen molar-refractivity contribution in [2.75, 3.05) is 0 Å². The Morgan fingerprint density at radius 3 is 2.09 bits per heavy atom. The predicted octanol–water partition coefficient (Wildman–Crippen LogP) is 4.08. The molecule has 0 spiro atoms. The van der Waals surface area contributed by atoms with Gasteiger partial charge >= 0.3 is 0 Å². The number of fused-ring (bicyclic) bond motifs is 1. The Bertz CT molecular complexity index is 982. The van der Waals surface area contributed by atoms with Gasteiger partial charge in [-0.1, -0.05) is 0 Å². The Kier molecular flexibility index (Phi) is 3.18. The number of nitrogens with zero attached hydrogens (tertiary/aromatic N) is 2. The molecule has 2 heterocycles. The van der Waals surface area contributed by atoms with Crippen LogP contribution in [0.5, 0.6) is 5.75 Å². The molecule has 4 nitrogen and oxygen atoms in total. The van der Waals surface area contributed by atoms with Gasteiger partial charge in [-0.25, -0.2) is 9.97 Å². The van der Waals surface area contributed by atoms with Crippen molar-refractivity contribution >= 4 is 39.6 Å². The van der Waals surface area contributed by atoms with Crippen LogP contribution in [0.25, 0.3) is 11.1 Å². The maximum atomic E-state index is 13.0. The lowest BCUT2D eigenvalue weighted by Gasteiger charge is -2.06. The maximum Gasteiger partial charge on any atom is 0.195 e. The standard InChI is InChI=1S/C17H12N2O2S2/c1-8-16(22-6-18-8)13-11-4-3-10(20)5-12(11)15(21)14(13)17-9(2)19-7-23-17/h3-7,20H,1-2H3. The molecule has 0 amide bonds. The van der Waals surface area contributed by atoms with Crippen LogP contribution < -0.4 is 0 Å². The average molecular weight is 340 g/mol. The van der Waals surface area contributed by atoms with Crippen LogP contribution in [0.15, 0.2) is 29.2 Å². The number of aromatic nitrogens is 2. The molecule has 4 rings (SSSR count). The van der Waals surface area contributed by atoms with Gasteiger partial charge in [0.25, 0.3) is 0 Å². The lowest BCUT2D eigenvalue weighted by molar-refractivity contribution is 0.105. The van der Waals surface area contributed by atoms with Crippen molar-refractivity contribution in [3.8, 4) is 5.75 Å². The van der Waals surface area contributed by atoms with Crippen molar-refractivity contribution in [2.45, 2.75) is 13.8 Å². The van der Waals surface area contributed by atoms with Crippen molar-refractivity contribution in [1.82, 2.24) is 9.97 Å². The Labute approximate surface area is 140 Å². The third kappa shape index (κ3) is 2.06. The minimum atomic E-state index is -0.0638. The minimum Gasteiger partial charge on any atom is -0.508 e. The highest BCUT2D eigenvalue weighted by molar-refractivity contribution is 7.12. The average Bonchev–Trinajstić information content (AvgIpc) is 3.19. The normalized spacial score (nSPS) is 13.7. The fourth-order valence-electron chi connectivity index (χ4n) is 2.86. The van der Waals surface area contributed by atoms with E-state index in [0.717, 1.165) is 32.3 Å². The Morgan fingerprint density at radius 2 is 1.52 bits per heavy atom. The fourth-order valence-corrected chi connectivity index (χ4v) is 4.58. The van der Waals surface area contributed by atoms with E-state index in [1.165, 1.54) is 28.7 Å². The number of thiazole rings is 2. The van der Waals surface area contributed by atoms with E-state index >= 15 is 0 Å². The molecule has 0 saturated heterocycles. The SMILES string of the molecule is Cc1ncsc1C1=C(c2scnc2C)c2ccc(O)cc2C1=O. The summed E-state index contributed by atoms with van der Waals surface area (Å²) in [6, 6.07) is 4.96. The van der Waals surface area contributed by atoms with Gasteiger partial charge in [0, 0.05) is 11.1 Å². The number of ketones is 1. The van der Waals surface area contributed by atoms with E-state index in [9.17, 15) is 9.90 Å². The van der Waals surface area contributed by atoms with E-state index in [1.807, 2.05) is 13.8 Å². The number of rotatable bonds is 2. The fraction of sp³-hybridized carbons (Fsp3) is 0.118. The van der Waals surface area contributed by atoms with Crippen LogP contribution in [0.1, 0.15) is 37.1 Å². The van der Waals surface area contributed by atoms with Crippen molar-refractivity contribution in [3.63, 3.8) is 0 Å². The highest BCUT2D eigenvalue weighted by Gasteiger charge is 2.34. The number of phenolic OH excluding ortho intramolecular Hbond substituents is 1. The lowest BCUT2D eigenvalue weighted by atomic mass is 10.0. The van der Waals surface area contributed by atoms with Crippen molar-refractivity contribution in [3.05, 3.63) is 61.5 Å². The smallest absolute Gasteiger partial charge is 0.195 e. The molecule has 1 aliphatic rings. The molecule has 1 aromatic carbocycles. The molecular formula is C17H12N2O2S2. The Morgan fingerprint density at radius 1 is 0.913 bits per heavy atom. The van der Waals surface area contributed by atoms with Crippen LogP contribution in [0.2, 0.25) is 0 Å². The minimum absolute atomic E-state index is 0.0638. The summed E-state index contributed by atoms with van der Waals surface area (Å²) in [7, 11) is 0. The number of aryl methyl sites for hydroxylation is 2. The molecule has 0 atom stereocenters. The monoisotopic (exact) mass is 340 g/mol. The van der Waals surface area contributed by atoms with E-state index in [2.05, 4.69) is 9.97 Å². The molecule has 0 aliphatic heterocycles. The van der Waals surface area contributed by atoms with Gasteiger partial charge in [0.05, 0.1) is 37.7 Å². The molecule has 0 radical (unpaired) electrons. The summed E-state index contributed by atoms with van der Waals surface area (Å²) in [6.07, 6.45) is 0. The number of Topliss-reactive ketones (excluding diaryl/α,β-unsaturated/α-hetero) is 1. The molecule has 2 aromatic heterocycles. The highest BCUT2D eigenvalue weighted by Crippen LogP contribution is 2.46. The van der Waals surface area contributed by atoms with Crippen molar-refractivity contribution in [1.29, 1.82) is 0 Å². The molecule has 1 aliphatic carbocycles. The number of phenols is 1. The van der Waals surface area contributed by atoms with Gasteiger partial charge in [-0.15, -0.1) is 22.7 Å². The van der Waals surface area contributed by atoms with Crippen LogP contribution in [0.4, 0.5) is 0 Å². The zero-order chi connectivity index (χ0) is 16.1. The maximum absolute atomic E-state index is 13.0. The summed E-state index contributed by atoms with van der Waals surface area (Å²) < 4.78 is 0. The third-order valence-electron chi connectivity index (χ3n) is 3.94. The molecule has 0 saturated carbocycles. The predicted molar refractivity (Wildman–Crippen MR) is 92.1 cm³/mol. The van der Waals surface area contributed by atoms with Crippen LogP contribution in [0, 0.1) is 13.8 Å². The summed E-state index contributed by atoms with van der Waals surface area (Å²) in [5.41, 5.74) is 8.24. The molecule has 23 heavy (non-hydrogen) atoms. The van der Waals surface area contributed by atoms with Crippen LogP contribution in [-0.4, -0.2) is 20.9 Å². The van der Waals surface area contributed by atoms with Gasteiger partial charge in [-0.2, -0.15) is 0 Å². The molecule has 0 fully saturated rings. The molecule has 114 valence electrons. The van der Waals surface area contributed by atoms with E-state index in [1.54, 1.807) is 23.2 Å². The summed E-state index contributed by atoms with van der Waals surface area (Å²) >= 11 is 2.99. The van der Waals surface area contributed by atoms with Gasteiger partial charge in [0.1, 0.15) is 5.75 Å². The number of allylic oxidation sites excluding steroid dienone is 1. The number of carbonyl (C=O) groups excluding carboxylic acids is 1. The van der Waals surface area contributed by atoms with Gasteiger partial charge < -0.3 is 5.11 Å². The van der Waals surface area contributed by atoms with Gasteiger partial charge in [0.2, 0.25) is 0 Å². The lowest BCUT2D eigenvalue weighted by Crippen LogP contribution is -1.98. The number of carbonyl (C=O) groups is 1. The summed E-state index contributed by atoms with van der Waals surface area (Å²) in [5, 5.41) is 9.77. The molecule has 6 heteroatoms. The van der Waals surface area contributed by atoms with Gasteiger partial charge in [-0.05, 0) is 37.6 Å². The summed E-state index contributed by atoms with van der Waals surface area (Å²) in [5.74, 6) is 0.0332. The van der Waals surface area contributed by atoms with Crippen molar-refractivity contribution in [2.24, 2.45) is 0 Å².